The molecule has 0 aromatic carbocycles. The van der Waals surface area contributed by atoms with Crippen LogP contribution in [0.4, 0.5) is 0 Å². The molecule has 2 N–H and O–H groups in total. The molecule has 0 aromatic rings. The molecule has 0 aromatic heterocycles. The molecule has 3 nitrogen and oxygen atoms in total. The summed E-state index contributed by atoms with van der Waals surface area (Å²) in [5.41, 5.74) is -0.759. The molecule has 0 aliphatic heterocycles. The average molecular weight is 227 g/mol. The molecule has 16 heavy (non-hydrogen) atoms. The summed E-state index contributed by atoms with van der Waals surface area (Å²) in [7, 11) is 0. The van der Waals surface area contributed by atoms with Crippen molar-refractivity contribution in [2.75, 3.05) is 6.61 Å². The minimum absolute atomic E-state index is 0.0376. The summed E-state index contributed by atoms with van der Waals surface area (Å²) in [6, 6.07) is 0. The van der Waals surface area contributed by atoms with Gasteiger partial charge in [-0.3, -0.25) is 4.79 Å². The lowest BCUT2D eigenvalue weighted by atomic mass is 9.76. The van der Waals surface area contributed by atoms with Crippen LogP contribution >= 0.6 is 0 Å². The molecule has 1 aliphatic rings. The van der Waals surface area contributed by atoms with Crippen LogP contribution in [0.25, 0.3) is 0 Å². The zero-order valence-corrected chi connectivity index (χ0v) is 11.0. The number of hydrogen-bond donors (Lipinski definition) is 2. The molecule has 94 valence electrons. The van der Waals surface area contributed by atoms with Crippen molar-refractivity contribution in [2.24, 2.45) is 11.3 Å². The maximum Gasteiger partial charge on any atom is 0.225 e. The van der Waals surface area contributed by atoms with Gasteiger partial charge in [0.1, 0.15) is 0 Å². The molecule has 2 atom stereocenters. The molecule has 1 saturated carbocycles. The Kier molecular flexibility index (Phi) is 4.00. The van der Waals surface area contributed by atoms with Crippen LogP contribution < -0.4 is 5.32 Å². The average Bonchev–Trinajstić information content (AvgIpc) is 2.16. The van der Waals surface area contributed by atoms with Crippen LogP contribution in [0, 0.1) is 11.3 Å². The van der Waals surface area contributed by atoms with E-state index in [4.69, 9.17) is 0 Å². The molecule has 1 aliphatic carbocycles. The van der Waals surface area contributed by atoms with E-state index < -0.39 is 0 Å². The zero-order valence-electron chi connectivity index (χ0n) is 11.0. The van der Waals surface area contributed by atoms with Gasteiger partial charge in [-0.1, -0.05) is 40.5 Å². The van der Waals surface area contributed by atoms with Crippen molar-refractivity contribution in [3.63, 3.8) is 0 Å². The molecule has 0 saturated heterocycles. The van der Waals surface area contributed by atoms with Gasteiger partial charge in [0.2, 0.25) is 5.91 Å². The van der Waals surface area contributed by atoms with Crippen molar-refractivity contribution < 1.29 is 9.90 Å². The molecule has 1 fully saturated rings. The van der Waals surface area contributed by atoms with Gasteiger partial charge in [-0.25, -0.2) is 0 Å². The summed E-state index contributed by atoms with van der Waals surface area (Å²) in [4.78, 5) is 12.0. The summed E-state index contributed by atoms with van der Waals surface area (Å²) in [6.07, 6.45) is 4.08. The van der Waals surface area contributed by atoms with Crippen molar-refractivity contribution in [3.8, 4) is 0 Å². The summed E-state index contributed by atoms with van der Waals surface area (Å²) in [5, 5.41) is 12.6. The van der Waals surface area contributed by atoms with Gasteiger partial charge in [-0.05, 0) is 18.8 Å². The third-order valence-corrected chi connectivity index (χ3v) is 3.45. The third-order valence-electron chi connectivity index (χ3n) is 3.45. The SMILES string of the molecule is CC1CCCC(CO)(NC(=O)C(C)(C)C)C1. The lowest BCUT2D eigenvalue weighted by Gasteiger charge is -2.40. The molecule has 3 heteroatoms. The minimum Gasteiger partial charge on any atom is -0.394 e. The van der Waals surface area contributed by atoms with Crippen LogP contribution in [0.5, 0.6) is 0 Å². The van der Waals surface area contributed by atoms with Gasteiger partial charge in [0.25, 0.3) is 0 Å². The molecular weight excluding hydrogens is 202 g/mol. The molecule has 0 radical (unpaired) electrons. The maximum absolute atomic E-state index is 12.0. The maximum atomic E-state index is 12.0. The minimum atomic E-state index is -0.386. The number of nitrogens with one attached hydrogen (secondary N) is 1. The van der Waals surface area contributed by atoms with Gasteiger partial charge >= 0.3 is 0 Å². The summed E-state index contributed by atoms with van der Waals surface area (Å²) >= 11 is 0. The summed E-state index contributed by atoms with van der Waals surface area (Å²) in [6.45, 7) is 7.95. The van der Waals surface area contributed by atoms with Crippen molar-refractivity contribution in [3.05, 3.63) is 0 Å². The predicted molar refractivity (Wildman–Crippen MR) is 65.0 cm³/mol. The standard InChI is InChI=1S/C13H25NO2/c1-10-6-5-7-13(8-10,9-15)14-11(16)12(2,3)4/h10,15H,5-9H2,1-4H3,(H,14,16). The van der Waals surface area contributed by atoms with Crippen LogP contribution in [0.2, 0.25) is 0 Å². The number of aliphatic hydroxyl groups excluding tert-OH is 1. The largest absolute Gasteiger partial charge is 0.394 e. The van der Waals surface area contributed by atoms with Crippen LogP contribution in [-0.4, -0.2) is 23.2 Å². The summed E-state index contributed by atoms with van der Waals surface area (Å²) in [5.74, 6) is 0.622. The van der Waals surface area contributed by atoms with E-state index in [1.54, 1.807) is 0 Å². The molecule has 2 unspecified atom stereocenters. The van der Waals surface area contributed by atoms with E-state index in [0.717, 1.165) is 19.3 Å². The monoisotopic (exact) mass is 227 g/mol. The van der Waals surface area contributed by atoms with Gasteiger partial charge in [-0.15, -0.1) is 0 Å². The van der Waals surface area contributed by atoms with Crippen molar-refractivity contribution in [1.29, 1.82) is 0 Å². The highest BCUT2D eigenvalue weighted by atomic mass is 16.3. The normalized spacial score (nSPS) is 31.2. The molecular formula is C13H25NO2. The van der Waals surface area contributed by atoms with E-state index >= 15 is 0 Å². The smallest absolute Gasteiger partial charge is 0.225 e. The first-order valence-corrected chi connectivity index (χ1v) is 6.22. The Morgan fingerprint density at radius 1 is 1.50 bits per heavy atom. The fraction of sp³-hybridized carbons (Fsp3) is 0.923. The van der Waals surface area contributed by atoms with E-state index in [-0.39, 0.29) is 23.5 Å². The van der Waals surface area contributed by atoms with Crippen molar-refractivity contribution in [2.45, 2.75) is 58.9 Å². The van der Waals surface area contributed by atoms with Crippen LogP contribution in [0.3, 0.4) is 0 Å². The number of hydrogen-bond acceptors (Lipinski definition) is 2. The number of rotatable bonds is 2. The Morgan fingerprint density at radius 3 is 2.56 bits per heavy atom. The Bertz CT molecular complexity index is 257. The molecule has 1 rings (SSSR count). The number of amides is 1. The Hall–Kier alpha value is -0.570. The second-order valence-electron chi connectivity index (χ2n) is 6.34. The molecule has 0 spiro atoms. The zero-order chi connectivity index (χ0) is 12.4. The van der Waals surface area contributed by atoms with E-state index in [9.17, 15) is 9.90 Å². The number of aliphatic hydroxyl groups is 1. The van der Waals surface area contributed by atoms with Crippen LogP contribution in [-0.2, 0) is 4.79 Å². The second-order valence-corrected chi connectivity index (χ2v) is 6.34. The Morgan fingerprint density at radius 2 is 2.12 bits per heavy atom. The van der Waals surface area contributed by atoms with E-state index in [1.807, 2.05) is 20.8 Å². The molecule has 1 amide bonds. The first-order chi connectivity index (χ1) is 7.29. The highest BCUT2D eigenvalue weighted by Gasteiger charge is 2.37. The Balaban J connectivity index is 2.70. The number of carbonyl (C=O) groups is 1. The van der Waals surface area contributed by atoms with E-state index in [0.29, 0.717) is 5.92 Å². The first-order valence-electron chi connectivity index (χ1n) is 6.22. The highest BCUT2D eigenvalue weighted by Crippen LogP contribution is 2.32. The summed E-state index contributed by atoms with van der Waals surface area (Å²) < 4.78 is 0. The van der Waals surface area contributed by atoms with E-state index in [2.05, 4.69) is 12.2 Å². The highest BCUT2D eigenvalue weighted by molar-refractivity contribution is 5.82. The lowest BCUT2D eigenvalue weighted by Crippen LogP contribution is -2.56. The second kappa shape index (κ2) is 4.74. The van der Waals surface area contributed by atoms with Crippen molar-refractivity contribution in [1.82, 2.24) is 5.32 Å². The molecule has 0 bridgehead atoms. The predicted octanol–water partition coefficient (Wildman–Crippen LogP) is 2.09. The van der Waals surface area contributed by atoms with Gasteiger partial charge in [0.15, 0.2) is 0 Å². The van der Waals surface area contributed by atoms with Crippen LogP contribution in [0.1, 0.15) is 53.4 Å². The Labute approximate surface area is 98.6 Å². The molecule has 0 heterocycles. The van der Waals surface area contributed by atoms with Gasteiger partial charge < -0.3 is 10.4 Å². The van der Waals surface area contributed by atoms with Crippen molar-refractivity contribution >= 4 is 5.91 Å². The van der Waals surface area contributed by atoms with Crippen LogP contribution in [0.15, 0.2) is 0 Å². The number of carbonyl (C=O) groups excluding carboxylic acids is 1. The fourth-order valence-corrected chi connectivity index (χ4v) is 2.39. The fourth-order valence-electron chi connectivity index (χ4n) is 2.39. The lowest BCUT2D eigenvalue weighted by molar-refractivity contribution is -0.132. The first kappa shape index (κ1) is 13.5. The quantitative estimate of drug-likeness (QED) is 0.759. The third kappa shape index (κ3) is 3.21. The van der Waals surface area contributed by atoms with Gasteiger partial charge in [0, 0.05) is 5.41 Å². The van der Waals surface area contributed by atoms with Gasteiger partial charge in [0.05, 0.1) is 12.1 Å². The van der Waals surface area contributed by atoms with E-state index in [1.165, 1.54) is 6.42 Å². The topological polar surface area (TPSA) is 49.3 Å². The van der Waals surface area contributed by atoms with Gasteiger partial charge in [-0.2, -0.15) is 0 Å².